The van der Waals surface area contributed by atoms with Crippen LogP contribution in [0.15, 0.2) is 28.5 Å². The summed E-state index contributed by atoms with van der Waals surface area (Å²) in [6.07, 6.45) is 10.6. The number of anilines is 1. The van der Waals surface area contributed by atoms with Crippen LogP contribution < -0.4 is 5.32 Å². The van der Waals surface area contributed by atoms with Gasteiger partial charge in [0, 0.05) is 37.6 Å². The number of nitrogens with one attached hydrogen (secondary N) is 1. The van der Waals surface area contributed by atoms with Crippen LogP contribution in [0.4, 0.5) is 5.95 Å². The minimum atomic E-state index is -3.52. The van der Waals surface area contributed by atoms with E-state index in [-0.39, 0.29) is 10.9 Å². The molecule has 0 spiro atoms. The fraction of sp³-hybridized carbons (Fsp3) is 0.579. The Hall–Kier alpha value is -2.16. The molecule has 4 rings (SSSR count). The van der Waals surface area contributed by atoms with Crippen molar-refractivity contribution < 1.29 is 8.42 Å². The summed E-state index contributed by atoms with van der Waals surface area (Å²) >= 11 is 1.67. The third-order valence-electron chi connectivity index (χ3n) is 5.56. The highest BCUT2D eigenvalue weighted by Crippen LogP contribution is 2.35. The summed E-state index contributed by atoms with van der Waals surface area (Å²) in [6.45, 7) is 0.851. The van der Waals surface area contributed by atoms with Crippen LogP contribution in [0, 0.1) is 11.3 Å². The zero-order valence-corrected chi connectivity index (χ0v) is 18.5. The fourth-order valence-corrected chi connectivity index (χ4v) is 6.58. The van der Waals surface area contributed by atoms with Gasteiger partial charge in [-0.1, -0.05) is 12.8 Å². The number of hydrogen-bond acceptors (Lipinski definition) is 8. The van der Waals surface area contributed by atoms with Crippen molar-refractivity contribution in [3.63, 3.8) is 0 Å². The highest BCUT2D eigenvalue weighted by Gasteiger charge is 2.30. The number of hydrogen-bond donors (Lipinski definition) is 1. The Labute approximate surface area is 180 Å². The first-order valence-electron chi connectivity index (χ1n) is 10.1. The van der Waals surface area contributed by atoms with Gasteiger partial charge in [-0.25, -0.2) is 18.4 Å². The molecule has 1 N–H and O–H groups in total. The van der Waals surface area contributed by atoms with Gasteiger partial charge in [0.15, 0.2) is 0 Å². The molecule has 0 radical (unpaired) electrons. The Morgan fingerprint density at radius 2 is 1.93 bits per heavy atom. The number of aryl methyl sites for hydroxylation is 1. The van der Waals surface area contributed by atoms with Crippen molar-refractivity contribution in [3.05, 3.63) is 24.2 Å². The molecule has 11 heteroatoms. The third kappa shape index (κ3) is 4.61. The van der Waals surface area contributed by atoms with Crippen molar-refractivity contribution in [2.24, 2.45) is 7.05 Å². The van der Waals surface area contributed by atoms with Crippen LogP contribution in [0.2, 0.25) is 0 Å². The van der Waals surface area contributed by atoms with E-state index in [1.165, 1.54) is 34.2 Å². The Morgan fingerprint density at radius 1 is 1.20 bits per heavy atom. The van der Waals surface area contributed by atoms with E-state index in [1.807, 2.05) is 0 Å². The van der Waals surface area contributed by atoms with Gasteiger partial charge in [-0.3, -0.25) is 4.68 Å². The van der Waals surface area contributed by atoms with Crippen LogP contribution in [0.25, 0.3) is 0 Å². The van der Waals surface area contributed by atoms with Gasteiger partial charge in [-0.2, -0.15) is 14.7 Å². The van der Waals surface area contributed by atoms with E-state index >= 15 is 0 Å². The minimum Gasteiger partial charge on any atom is -0.351 e. The van der Waals surface area contributed by atoms with E-state index in [4.69, 9.17) is 0 Å². The maximum atomic E-state index is 12.7. The largest absolute Gasteiger partial charge is 0.351 e. The molecular formula is C19H25N7O2S2. The van der Waals surface area contributed by atoms with E-state index in [2.05, 4.69) is 26.5 Å². The number of piperidine rings is 1. The summed E-state index contributed by atoms with van der Waals surface area (Å²) in [7, 11) is -1.81. The molecule has 30 heavy (non-hydrogen) atoms. The zero-order valence-electron chi connectivity index (χ0n) is 16.9. The van der Waals surface area contributed by atoms with Crippen molar-refractivity contribution >= 4 is 27.7 Å². The molecule has 0 amide bonds. The SMILES string of the molecule is Cn1cc(S(=O)(=O)N2CCC(Nc3ncc(C#N)c(SC4CCCC4)n3)CC2)cn1. The van der Waals surface area contributed by atoms with Crippen molar-refractivity contribution in [1.29, 1.82) is 5.26 Å². The summed E-state index contributed by atoms with van der Waals surface area (Å²) in [6, 6.07) is 2.27. The van der Waals surface area contributed by atoms with E-state index in [0.717, 1.165) is 17.9 Å². The van der Waals surface area contributed by atoms with Gasteiger partial charge >= 0.3 is 0 Å². The predicted octanol–water partition coefficient (Wildman–Crippen LogP) is 2.38. The second-order valence-corrected chi connectivity index (χ2v) is 10.9. The summed E-state index contributed by atoms with van der Waals surface area (Å²) < 4.78 is 28.5. The van der Waals surface area contributed by atoms with Gasteiger partial charge in [-0.15, -0.1) is 11.8 Å². The Bertz CT molecular complexity index is 1030. The second kappa shape index (κ2) is 8.91. The van der Waals surface area contributed by atoms with Gasteiger partial charge < -0.3 is 5.32 Å². The molecule has 2 fully saturated rings. The molecule has 0 atom stereocenters. The normalized spacial score (nSPS) is 19.1. The second-order valence-electron chi connectivity index (χ2n) is 7.72. The van der Waals surface area contributed by atoms with Crippen molar-refractivity contribution in [3.8, 4) is 6.07 Å². The van der Waals surface area contributed by atoms with Gasteiger partial charge in [0.25, 0.3) is 0 Å². The zero-order chi connectivity index (χ0) is 21.1. The average molecular weight is 448 g/mol. The standard InChI is InChI=1S/C19H25N7O2S2/c1-25-13-17(12-22-25)30(27,28)26-8-6-15(7-9-26)23-19-21-11-14(10-20)18(24-19)29-16-4-2-3-5-16/h11-13,15-16H,2-9H2,1H3,(H,21,23,24). The summed E-state index contributed by atoms with van der Waals surface area (Å²) in [5.74, 6) is 0.503. The molecule has 2 aromatic rings. The van der Waals surface area contributed by atoms with Crippen molar-refractivity contribution in [1.82, 2.24) is 24.1 Å². The van der Waals surface area contributed by atoms with Crippen molar-refractivity contribution in [2.45, 2.75) is 59.7 Å². The molecule has 3 heterocycles. The van der Waals surface area contributed by atoms with Crippen LogP contribution in [0.1, 0.15) is 44.1 Å². The Morgan fingerprint density at radius 3 is 2.57 bits per heavy atom. The lowest BCUT2D eigenvalue weighted by Gasteiger charge is -2.31. The van der Waals surface area contributed by atoms with Crippen LogP contribution in [0.5, 0.6) is 0 Å². The number of nitriles is 1. The Kier molecular flexibility index (Phi) is 6.26. The molecule has 2 aromatic heterocycles. The molecule has 0 aromatic carbocycles. The maximum Gasteiger partial charge on any atom is 0.246 e. The highest BCUT2D eigenvalue weighted by molar-refractivity contribution is 7.99. The first-order chi connectivity index (χ1) is 14.5. The monoisotopic (exact) mass is 447 g/mol. The lowest BCUT2D eigenvalue weighted by Crippen LogP contribution is -2.42. The van der Waals surface area contributed by atoms with E-state index in [0.29, 0.717) is 42.7 Å². The highest BCUT2D eigenvalue weighted by atomic mass is 32.2. The molecule has 1 aliphatic heterocycles. The summed E-state index contributed by atoms with van der Waals surface area (Å²) in [5.41, 5.74) is 0.509. The van der Waals surface area contributed by atoms with Crippen LogP contribution in [-0.2, 0) is 17.1 Å². The first kappa shape index (κ1) is 21.1. The molecule has 2 aliphatic rings. The fourth-order valence-electron chi connectivity index (χ4n) is 3.87. The van der Waals surface area contributed by atoms with Crippen LogP contribution >= 0.6 is 11.8 Å². The molecule has 0 bridgehead atoms. The van der Waals surface area contributed by atoms with Gasteiger partial charge in [0.2, 0.25) is 16.0 Å². The number of nitrogens with zero attached hydrogens (tertiary/aromatic N) is 6. The van der Waals surface area contributed by atoms with Crippen LogP contribution in [-0.4, -0.2) is 56.9 Å². The quantitative estimate of drug-likeness (QED) is 0.671. The summed E-state index contributed by atoms with van der Waals surface area (Å²) in [5, 5.41) is 17.9. The van der Waals surface area contributed by atoms with E-state index < -0.39 is 10.0 Å². The van der Waals surface area contributed by atoms with E-state index in [1.54, 1.807) is 25.0 Å². The number of rotatable bonds is 6. The third-order valence-corrected chi connectivity index (χ3v) is 8.75. The first-order valence-corrected chi connectivity index (χ1v) is 12.5. The van der Waals surface area contributed by atoms with Gasteiger partial charge in [-0.05, 0) is 25.7 Å². The summed E-state index contributed by atoms with van der Waals surface area (Å²) in [4.78, 5) is 9.11. The number of aromatic nitrogens is 4. The van der Waals surface area contributed by atoms with Crippen molar-refractivity contribution in [2.75, 3.05) is 18.4 Å². The molecule has 9 nitrogen and oxygen atoms in total. The average Bonchev–Trinajstić information content (AvgIpc) is 3.41. The number of thioether (sulfide) groups is 1. The predicted molar refractivity (Wildman–Crippen MR) is 113 cm³/mol. The Balaban J connectivity index is 1.38. The van der Waals surface area contributed by atoms with Gasteiger partial charge in [0.1, 0.15) is 21.6 Å². The molecule has 1 saturated heterocycles. The molecular weight excluding hydrogens is 422 g/mol. The number of sulfonamides is 1. The topological polar surface area (TPSA) is 117 Å². The lowest BCUT2D eigenvalue weighted by atomic mass is 10.1. The molecule has 1 aliphatic carbocycles. The van der Waals surface area contributed by atoms with E-state index in [9.17, 15) is 13.7 Å². The maximum absolute atomic E-state index is 12.7. The van der Waals surface area contributed by atoms with Crippen LogP contribution in [0.3, 0.4) is 0 Å². The molecule has 160 valence electrons. The molecule has 1 saturated carbocycles. The molecule has 0 unspecified atom stereocenters. The minimum absolute atomic E-state index is 0.0858. The smallest absolute Gasteiger partial charge is 0.246 e. The van der Waals surface area contributed by atoms with Gasteiger partial charge in [0.05, 0.1) is 12.4 Å². The lowest BCUT2D eigenvalue weighted by molar-refractivity contribution is 0.329.